The number of hydrogen-bond donors (Lipinski definition) is 0. The van der Waals surface area contributed by atoms with Crippen molar-refractivity contribution in [3.8, 4) is 22.3 Å². The predicted molar refractivity (Wildman–Crippen MR) is 137 cm³/mol. The van der Waals surface area contributed by atoms with Crippen LogP contribution >= 0.6 is 0 Å². The summed E-state index contributed by atoms with van der Waals surface area (Å²) < 4.78 is 164. The normalized spacial score (nSPS) is 13.2. The van der Waals surface area contributed by atoms with E-state index in [4.69, 9.17) is 0 Å². The Morgan fingerprint density at radius 1 is 0.372 bits per heavy atom. The van der Waals surface area contributed by atoms with E-state index >= 15 is 0 Å². The Kier molecular flexibility index (Phi) is 6.98. The lowest BCUT2D eigenvalue weighted by atomic mass is 9.89. The van der Waals surface area contributed by atoms with Crippen LogP contribution in [0.4, 0.5) is 52.7 Å². The highest BCUT2D eigenvalue weighted by Gasteiger charge is 2.35. The summed E-state index contributed by atoms with van der Waals surface area (Å²) in [5.74, 6) is 0. The first-order chi connectivity index (χ1) is 19.7. The Labute approximate surface area is 235 Å². The highest BCUT2D eigenvalue weighted by atomic mass is 19.4. The van der Waals surface area contributed by atoms with E-state index in [0.717, 1.165) is 18.2 Å². The number of halogens is 12. The third-order valence-electron chi connectivity index (χ3n) is 6.92. The number of alkyl halides is 12. The quantitative estimate of drug-likeness (QED) is 0.173. The van der Waals surface area contributed by atoms with Gasteiger partial charge in [-0.1, -0.05) is 24.3 Å². The van der Waals surface area contributed by atoms with Gasteiger partial charge in [-0.15, -0.1) is 0 Å². The molecule has 0 nitrogen and oxygen atoms in total. The molecule has 12 heteroatoms. The van der Waals surface area contributed by atoms with Gasteiger partial charge in [0.05, 0.1) is 22.3 Å². The molecule has 0 atom stereocenters. The van der Waals surface area contributed by atoms with Gasteiger partial charge in [0.1, 0.15) is 0 Å². The minimum atomic E-state index is -4.90. The molecule has 0 saturated carbocycles. The topological polar surface area (TPSA) is 0 Å². The maximum Gasteiger partial charge on any atom is 0.416 e. The summed E-state index contributed by atoms with van der Waals surface area (Å²) in [4.78, 5) is 0. The standard InChI is InChI=1S/C31H16F12/c1-15-6-18(26-13-22(30(38,39)40)9-16-2-4-20(11-24(16)26)28(32,33)34)8-19(7-15)27-14-23(31(41,42)43)10-17-3-5-21(12-25(17)27)29(35,36)37/h2-14H,1H3. The molecule has 43 heavy (non-hydrogen) atoms. The molecule has 0 fully saturated rings. The first-order valence-corrected chi connectivity index (χ1v) is 12.3. The van der Waals surface area contributed by atoms with Gasteiger partial charge in [0.15, 0.2) is 0 Å². The van der Waals surface area contributed by atoms with Gasteiger partial charge in [-0.3, -0.25) is 0 Å². The highest BCUT2D eigenvalue weighted by Crippen LogP contribution is 2.43. The Balaban J connectivity index is 1.85. The zero-order valence-electron chi connectivity index (χ0n) is 21.5. The average Bonchev–Trinajstić information content (AvgIpc) is 2.88. The minimum absolute atomic E-state index is 0.0806. The Morgan fingerprint density at radius 2 is 0.721 bits per heavy atom. The molecule has 0 aliphatic rings. The first-order valence-electron chi connectivity index (χ1n) is 12.3. The van der Waals surface area contributed by atoms with Crippen LogP contribution in [0.1, 0.15) is 27.8 Å². The zero-order valence-corrected chi connectivity index (χ0v) is 21.5. The van der Waals surface area contributed by atoms with E-state index in [-0.39, 0.29) is 49.4 Å². The minimum Gasteiger partial charge on any atom is -0.166 e. The summed E-state index contributed by atoms with van der Waals surface area (Å²) in [7, 11) is 0. The first kappa shape index (κ1) is 30.2. The van der Waals surface area contributed by atoms with Crippen molar-refractivity contribution in [1.29, 1.82) is 0 Å². The number of fused-ring (bicyclic) bond motifs is 2. The van der Waals surface area contributed by atoms with Crippen molar-refractivity contribution in [1.82, 2.24) is 0 Å². The van der Waals surface area contributed by atoms with Crippen molar-refractivity contribution in [2.75, 3.05) is 0 Å². The molecule has 0 amide bonds. The van der Waals surface area contributed by atoms with Crippen LogP contribution in [0, 0.1) is 6.92 Å². The number of benzene rings is 5. The summed E-state index contributed by atoms with van der Waals surface area (Å²) in [5.41, 5.74) is -5.13. The van der Waals surface area contributed by atoms with Gasteiger partial charge in [0, 0.05) is 0 Å². The molecule has 0 aromatic heterocycles. The van der Waals surface area contributed by atoms with Gasteiger partial charge < -0.3 is 0 Å². The second-order valence-corrected chi connectivity index (χ2v) is 10.00. The summed E-state index contributed by atoms with van der Waals surface area (Å²) >= 11 is 0. The summed E-state index contributed by atoms with van der Waals surface area (Å²) in [6, 6.07) is 10.8. The number of rotatable bonds is 2. The fraction of sp³-hybridized carbons (Fsp3) is 0.161. The lowest BCUT2D eigenvalue weighted by Gasteiger charge is -2.18. The Morgan fingerprint density at radius 3 is 1.05 bits per heavy atom. The molecule has 0 heterocycles. The molecule has 0 saturated heterocycles. The SMILES string of the molecule is Cc1cc(-c2cc(C(F)(F)F)cc3ccc(C(F)(F)F)cc23)cc(-c2cc(C(F)(F)F)cc3ccc(C(F)(F)F)cc23)c1. The summed E-state index contributed by atoms with van der Waals surface area (Å²) in [6.45, 7) is 1.45. The molecule has 0 spiro atoms. The molecule has 0 radical (unpaired) electrons. The van der Waals surface area contributed by atoms with Crippen molar-refractivity contribution in [2.24, 2.45) is 0 Å². The highest BCUT2D eigenvalue weighted by molar-refractivity contribution is 6.01. The Bertz CT molecular complexity index is 1740. The number of hydrogen-bond acceptors (Lipinski definition) is 0. The predicted octanol–water partition coefficient (Wildman–Crippen LogP) is 11.7. The fourth-order valence-electron chi connectivity index (χ4n) is 4.97. The monoisotopic (exact) mass is 616 g/mol. The number of aryl methyl sites for hydroxylation is 1. The molecule has 0 N–H and O–H groups in total. The van der Waals surface area contributed by atoms with E-state index in [1.54, 1.807) is 0 Å². The Hall–Kier alpha value is -4.22. The van der Waals surface area contributed by atoms with Crippen molar-refractivity contribution in [2.45, 2.75) is 31.6 Å². The van der Waals surface area contributed by atoms with E-state index in [9.17, 15) is 52.7 Å². The molecule has 5 aromatic rings. The van der Waals surface area contributed by atoms with Crippen molar-refractivity contribution < 1.29 is 52.7 Å². The van der Waals surface area contributed by atoms with Crippen molar-refractivity contribution in [3.63, 3.8) is 0 Å². The van der Waals surface area contributed by atoms with Gasteiger partial charge >= 0.3 is 24.7 Å². The van der Waals surface area contributed by atoms with E-state index in [2.05, 4.69) is 0 Å². The van der Waals surface area contributed by atoms with E-state index in [0.29, 0.717) is 48.5 Å². The van der Waals surface area contributed by atoms with Gasteiger partial charge in [0.25, 0.3) is 0 Å². The van der Waals surface area contributed by atoms with E-state index in [1.165, 1.54) is 19.1 Å². The molecule has 224 valence electrons. The van der Waals surface area contributed by atoms with Crippen LogP contribution in [-0.2, 0) is 24.7 Å². The molecular weight excluding hydrogens is 600 g/mol. The molecule has 0 unspecified atom stereocenters. The van der Waals surface area contributed by atoms with Crippen LogP contribution in [0.15, 0.2) is 78.9 Å². The second kappa shape index (κ2) is 9.92. The fourth-order valence-corrected chi connectivity index (χ4v) is 4.97. The summed E-state index contributed by atoms with van der Waals surface area (Å²) in [6.07, 6.45) is -19.5. The third-order valence-corrected chi connectivity index (χ3v) is 6.92. The molecule has 0 bridgehead atoms. The molecule has 5 rings (SSSR count). The smallest absolute Gasteiger partial charge is 0.166 e. The average molecular weight is 616 g/mol. The molecule has 0 aliphatic carbocycles. The van der Waals surface area contributed by atoms with E-state index in [1.807, 2.05) is 0 Å². The maximum absolute atomic E-state index is 13.8. The third kappa shape index (κ3) is 6.00. The lowest BCUT2D eigenvalue weighted by molar-refractivity contribution is -0.138. The largest absolute Gasteiger partial charge is 0.416 e. The van der Waals surface area contributed by atoms with Gasteiger partial charge in [0.2, 0.25) is 0 Å². The van der Waals surface area contributed by atoms with Crippen LogP contribution in [0.2, 0.25) is 0 Å². The van der Waals surface area contributed by atoms with Crippen LogP contribution in [0.25, 0.3) is 43.8 Å². The van der Waals surface area contributed by atoms with Crippen molar-refractivity contribution in [3.05, 3.63) is 107 Å². The maximum atomic E-state index is 13.8. The molecular formula is C31H16F12. The van der Waals surface area contributed by atoms with Crippen LogP contribution in [0.5, 0.6) is 0 Å². The molecule has 0 aliphatic heterocycles. The van der Waals surface area contributed by atoms with Crippen LogP contribution in [0.3, 0.4) is 0 Å². The van der Waals surface area contributed by atoms with Crippen LogP contribution < -0.4 is 0 Å². The van der Waals surface area contributed by atoms with Gasteiger partial charge in [-0.25, -0.2) is 0 Å². The van der Waals surface area contributed by atoms with E-state index < -0.39 is 47.0 Å². The zero-order chi connectivity index (χ0) is 31.7. The second-order valence-electron chi connectivity index (χ2n) is 10.00. The summed E-state index contributed by atoms with van der Waals surface area (Å²) in [5, 5.41) is -0.791. The van der Waals surface area contributed by atoms with Gasteiger partial charge in [-0.05, 0) is 111 Å². The van der Waals surface area contributed by atoms with Crippen molar-refractivity contribution >= 4 is 21.5 Å². The van der Waals surface area contributed by atoms with Crippen LogP contribution in [-0.4, -0.2) is 0 Å². The lowest BCUT2D eigenvalue weighted by Crippen LogP contribution is -2.07. The van der Waals surface area contributed by atoms with Gasteiger partial charge in [-0.2, -0.15) is 52.7 Å². The molecule has 5 aromatic carbocycles.